The molecule has 264 valence electrons. The Morgan fingerprint density at radius 3 is 2.37 bits per heavy atom. The molecule has 4 aliphatic heterocycles. The summed E-state index contributed by atoms with van der Waals surface area (Å²) in [6, 6.07) is -0.722. The van der Waals surface area contributed by atoms with Gasteiger partial charge in [-0.1, -0.05) is 6.42 Å². The topological polar surface area (TPSA) is 160 Å². The molecule has 0 bridgehead atoms. The number of urea groups is 1. The lowest BCUT2D eigenvalue weighted by Crippen LogP contribution is -2.46. The summed E-state index contributed by atoms with van der Waals surface area (Å²) in [6.45, 7) is 5.99. The van der Waals surface area contributed by atoms with Gasteiger partial charge in [-0.2, -0.15) is 0 Å². The van der Waals surface area contributed by atoms with Gasteiger partial charge in [0, 0.05) is 73.9 Å². The minimum Gasteiger partial charge on any atom is -0.388 e. The molecule has 3 fully saturated rings. The first-order valence-electron chi connectivity index (χ1n) is 16.4. The van der Waals surface area contributed by atoms with E-state index in [4.69, 9.17) is 23.7 Å². The summed E-state index contributed by atoms with van der Waals surface area (Å²) in [6.07, 6.45) is 11.3. The minimum absolute atomic E-state index is 0.0294. The van der Waals surface area contributed by atoms with Crippen LogP contribution in [0, 0.1) is 0 Å². The molecule has 0 aromatic heterocycles. The van der Waals surface area contributed by atoms with Crippen molar-refractivity contribution in [2.75, 3.05) is 81.4 Å². The number of aliphatic hydroxyl groups excluding tert-OH is 1. The third kappa shape index (κ3) is 15.0. The second kappa shape index (κ2) is 23.0. The zero-order chi connectivity index (χ0) is 33.7. The highest BCUT2D eigenvalue weighted by molar-refractivity contribution is 6.22. The third-order valence-corrected chi connectivity index (χ3v) is 8.20. The van der Waals surface area contributed by atoms with Gasteiger partial charge in [-0.25, -0.2) is 9.37 Å². The summed E-state index contributed by atoms with van der Waals surface area (Å²) in [5.41, 5.74) is -0.0294. The Balaban J connectivity index is 0.000000285. The Bertz CT molecular complexity index is 956. The van der Waals surface area contributed by atoms with E-state index < -0.39 is 24.3 Å². The normalized spacial score (nSPS) is 24.3. The molecule has 0 unspecified atom stereocenters. The molecule has 0 aromatic rings. The number of ketones is 1. The number of carbonyl (C=O) groups is 3. The van der Waals surface area contributed by atoms with Gasteiger partial charge in [0.1, 0.15) is 37.7 Å². The molecule has 0 saturated carbocycles. The minimum atomic E-state index is -0.723. The van der Waals surface area contributed by atoms with Crippen molar-refractivity contribution in [3.63, 3.8) is 0 Å². The van der Waals surface area contributed by atoms with Gasteiger partial charge in [-0.3, -0.25) is 14.9 Å². The van der Waals surface area contributed by atoms with E-state index >= 15 is 0 Å². The van der Waals surface area contributed by atoms with Crippen molar-refractivity contribution < 1.29 is 47.7 Å². The summed E-state index contributed by atoms with van der Waals surface area (Å²) in [7, 11) is 8.08. The van der Waals surface area contributed by atoms with Crippen LogP contribution in [0.15, 0.2) is 11.8 Å². The Kier molecular flexibility index (Phi) is 19.8. The summed E-state index contributed by atoms with van der Waals surface area (Å²) >= 11 is 0. The van der Waals surface area contributed by atoms with Crippen LogP contribution in [0.4, 0.5) is 4.79 Å². The number of nitrogens with one attached hydrogen (secondary N) is 3. The fourth-order valence-electron chi connectivity index (χ4n) is 5.52. The molecular formula is C32H58N5O9+. The van der Waals surface area contributed by atoms with E-state index in [9.17, 15) is 19.5 Å². The number of piperidine rings is 2. The van der Waals surface area contributed by atoms with Gasteiger partial charge in [0.05, 0.1) is 37.4 Å². The van der Waals surface area contributed by atoms with Gasteiger partial charge in [0.25, 0.3) is 5.91 Å². The molecule has 3 saturated heterocycles. The van der Waals surface area contributed by atoms with Crippen molar-refractivity contribution in [3.8, 4) is 0 Å². The van der Waals surface area contributed by atoms with E-state index in [1.54, 1.807) is 40.4 Å². The molecule has 0 radical (unpaired) electrons. The first-order chi connectivity index (χ1) is 22.2. The molecule has 46 heavy (non-hydrogen) atoms. The fraction of sp³-hybridized carbons (Fsp3) is 0.812. The van der Waals surface area contributed by atoms with Crippen molar-refractivity contribution in [1.82, 2.24) is 20.9 Å². The monoisotopic (exact) mass is 656 g/mol. The Hall–Kier alpha value is -2.46. The quantitative estimate of drug-likeness (QED) is 0.184. The van der Waals surface area contributed by atoms with Crippen LogP contribution in [-0.4, -0.2) is 151 Å². The standard InChI is InChI=1S/C15H23N3O6.C12H24NO3.C5H11N/c1-18-5-4-10(19)9(7-18)14(20)17-15(21)16-13-6-11(23-3)12(24-13)8-22-2;1-15-10-11(14)12(16-2)6-9-13-7-4-3-5-8-13;1-2-4-6-5-3-1/h7,11-13H,4-6,8H2,1-3H3,(H2,16,17,20,21);9,11-12,14H,3-8,10H2,1-2H3;6H,1-5H2/q;+1;/t11-,12-,13-;11-,12-;/m11./s1. The number of Topliss-reactive ketones (excluding diaryl/α,β-unsaturated/α-hetero) is 1. The van der Waals surface area contributed by atoms with Crippen molar-refractivity contribution in [1.29, 1.82) is 0 Å². The molecule has 0 aliphatic carbocycles. The second-order valence-electron chi connectivity index (χ2n) is 11.9. The molecule has 4 heterocycles. The maximum atomic E-state index is 12.1. The summed E-state index contributed by atoms with van der Waals surface area (Å²) in [5.74, 6) is -1.01. The number of hydrogen-bond donors (Lipinski definition) is 4. The molecular weight excluding hydrogens is 598 g/mol. The molecule has 0 aromatic carbocycles. The highest BCUT2D eigenvalue weighted by Gasteiger charge is 2.36. The van der Waals surface area contributed by atoms with Crippen LogP contribution in [0.2, 0.25) is 0 Å². The average Bonchev–Trinajstić information content (AvgIpc) is 3.45. The number of rotatable bonds is 11. The van der Waals surface area contributed by atoms with Crippen molar-refractivity contribution in [2.45, 2.75) is 88.4 Å². The van der Waals surface area contributed by atoms with E-state index in [-0.39, 0.29) is 36.1 Å². The molecule has 0 spiro atoms. The third-order valence-electron chi connectivity index (χ3n) is 8.20. The molecule has 5 atom stereocenters. The average molecular weight is 657 g/mol. The predicted molar refractivity (Wildman–Crippen MR) is 173 cm³/mol. The van der Waals surface area contributed by atoms with Crippen molar-refractivity contribution in [3.05, 3.63) is 11.8 Å². The first kappa shape index (κ1) is 39.7. The Morgan fingerprint density at radius 2 is 1.80 bits per heavy atom. The van der Waals surface area contributed by atoms with Crippen LogP contribution in [0.3, 0.4) is 0 Å². The number of nitrogens with zero attached hydrogens (tertiary/aromatic N) is 2. The van der Waals surface area contributed by atoms with Crippen LogP contribution >= 0.6 is 0 Å². The van der Waals surface area contributed by atoms with Crippen molar-refractivity contribution in [2.24, 2.45) is 0 Å². The van der Waals surface area contributed by atoms with Gasteiger partial charge in [-0.05, 0) is 32.4 Å². The Labute approximate surface area is 274 Å². The van der Waals surface area contributed by atoms with E-state index in [1.165, 1.54) is 57.8 Å². The Morgan fingerprint density at radius 1 is 1.11 bits per heavy atom. The lowest BCUT2D eigenvalue weighted by molar-refractivity contribution is -0.534. The van der Waals surface area contributed by atoms with Crippen LogP contribution in [0.1, 0.15) is 57.8 Å². The van der Waals surface area contributed by atoms with Crippen LogP contribution in [-0.2, 0) is 33.3 Å². The van der Waals surface area contributed by atoms with E-state index in [2.05, 4.69) is 26.7 Å². The second-order valence-corrected chi connectivity index (χ2v) is 11.9. The summed E-state index contributed by atoms with van der Waals surface area (Å²) in [4.78, 5) is 37.5. The summed E-state index contributed by atoms with van der Waals surface area (Å²) < 4.78 is 28.5. The zero-order valence-corrected chi connectivity index (χ0v) is 28.5. The van der Waals surface area contributed by atoms with Crippen LogP contribution in [0.25, 0.3) is 0 Å². The van der Waals surface area contributed by atoms with Crippen molar-refractivity contribution >= 4 is 23.9 Å². The number of carbonyl (C=O) groups excluding carboxylic acids is 3. The van der Waals surface area contributed by atoms with Crippen LogP contribution < -0.4 is 16.0 Å². The van der Waals surface area contributed by atoms with E-state index in [0.717, 1.165) is 19.5 Å². The molecule has 14 nitrogen and oxygen atoms in total. The number of hydrogen-bond acceptors (Lipinski definition) is 11. The molecule has 4 rings (SSSR count). The van der Waals surface area contributed by atoms with E-state index in [1.807, 2.05) is 0 Å². The lowest BCUT2D eigenvalue weighted by Gasteiger charge is -2.21. The smallest absolute Gasteiger partial charge is 0.323 e. The highest BCUT2D eigenvalue weighted by Crippen LogP contribution is 2.21. The SMILES string of the molecule is C1CCNCC1.COC[C@@H](O)[C@@H](CC=[N+]1CCCCC1)OC.COC[C@H]1O[C@@H](NC(=O)NC(=O)C2=CN(C)CCC2=O)C[C@H]1OC. The largest absolute Gasteiger partial charge is 0.388 e. The number of imide groups is 1. The highest BCUT2D eigenvalue weighted by atomic mass is 16.6. The lowest BCUT2D eigenvalue weighted by atomic mass is 10.1. The first-order valence-corrected chi connectivity index (χ1v) is 16.4. The molecule has 3 amide bonds. The number of aliphatic hydroxyl groups is 1. The maximum absolute atomic E-state index is 12.1. The zero-order valence-electron chi connectivity index (χ0n) is 28.5. The van der Waals surface area contributed by atoms with Gasteiger partial charge in [-0.15, -0.1) is 0 Å². The van der Waals surface area contributed by atoms with Gasteiger partial charge < -0.3 is 44.3 Å². The van der Waals surface area contributed by atoms with Gasteiger partial charge >= 0.3 is 6.03 Å². The van der Waals surface area contributed by atoms with Gasteiger partial charge in [0.2, 0.25) is 0 Å². The molecule has 14 heteroatoms. The van der Waals surface area contributed by atoms with E-state index in [0.29, 0.717) is 26.2 Å². The fourth-order valence-corrected chi connectivity index (χ4v) is 5.52. The molecule has 4 N–H and O–H groups in total. The molecule has 4 aliphatic rings. The predicted octanol–water partition coefficient (Wildman–Crippen LogP) is 0.803. The maximum Gasteiger partial charge on any atom is 0.323 e. The number of amides is 3. The van der Waals surface area contributed by atoms with Gasteiger partial charge in [0.15, 0.2) is 5.78 Å². The van der Waals surface area contributed by atoms with Crippen LogP contribution in [0.5, 0.6) is 0 Å². The number of methoxy groups -OCH3 is 4. The summed E-state index contributed by atoms with van der Waals surface area (Å²) in [5, 5.41) is 17.7. The number of ether oxygens (including phenoxy) is 5.